The van der Waals surface area contributed by atoms with Gasteiger partial charge in [-0.15, -0.1) is 0 Å². The van der Waals surface area contributed by atoms with Crippen LogP contribution in [0.15, 0.2) is 48.5 Å². The van der Waals surface area contributed by atoms with Crippen LogP contribution in [-0.2, 0) is 17.9 Å². The highest BCUT2D eigenvalue weighted by Crippen LogP contribution is 2.24. The minimum atomic E-state index is -1.44. The van der Waals surface area contributed by atoms with Crippen LogP contribution in [0.25, 0.3) is 0 Å². The Morgan fingerprint density at radius 1 is 1.23 bits per heavy atom. The van der Waals surface area contributed by atoms with Crippen molar-refractivity contribution < 1.29 is 14.3 Å². The van der Waals surface area contributed by atoms with Gasteiger partial charge in [0.05, 0.1) is 0 Å². The van der Waals surface area contributed by atoms with Gasteiger partial charge in [-0.3, -0.25) is 4.79 Å². The molecule has 1 aliphatic rings. The molecular formula is C21H25FN2O2. The van der Waals surface area contributed by atoms with Crippen LogP contribution in [0.4, 0.5) is 4.39 Å². The van der Waals surface area contributed by atoms with E-state index in [2.05, 4.69) is 11.4 Å². The number of aliphatic hydroxyl groups is 1. The van der Waals surface area contributed by atoms with E-state index in [0.717, 1.165) is 5.56 Å². The summed E-state index contributed by atoms with van der Waals surface area (Å²) in [5, 5.41) is 14.0. The summed E-state index contributed by atoms with van der Waals surface area (Å²) in [5.74, 6) is -0.657. The molecule has 0 aliphatic carbocycles. The first-order valence-electron chi connectivity index (χ1n) is 8.99. The molecule has 1 atom stereocenters. The highest BCUT2D eigenvalue weighted by atomic mass is 19.1. The number of rotatable bonds is 6. The number of piperidine rings is 1. The molecule has 2 N–H and O–H groups in total. The van der Waals surface area contributed by atoms with Crippen LogP contribution in [0.2, 0.25) is 0 Å². The zero-order valence-electron chi connectivity index (χ0n) is 15.0. The molecule has 0 spiro atoms. The van der Waals surface area contributed by atoms with Crippen molar-refractivity contribution in [2.45, 2.75) is 38.5 Å². The molecule has 1 fully saturated rings. The molecule has 0 radical (unpaired) electrons. The van der Waals surface area contributed by atoms with Gasteiger partial charge in [-0.05, 0) is 31.4 Å². The van der Waals surface area contributed by atoms with Crippen molar-refractivity contribution in [3.05, 3.63) is 71.0 Å². The highest BCUT2D eigenvalue weighted by Gasteiger charge is 2.41. The van der Waals surface area contributed by atoms with Gasteiger partial charge < -0.3 is 15.3 Å². The Hall–Kier alpha value is -2.24. The van der Waals surface area contributed by atoms with E-state index < -0.39 is 5.60 Å². The molecule has 138 valence electrons. The van der Waals surface area contributed by atoms with Crippen molar-refractivity contribution in [3.63, 3.8) is 0 Å². The number of likely N-dealkylation sites (tertiary alicyclic amines) is 1. The lowest BCUT2D eigenvalue weighted by atomic mass is 9.91. The fourth-order valence-corrected chi connectivity index (χ4v) is 3.45. The van der Waals surface area contributed by atoms with Crippen molar-refractivity contribution in [3.8, 4) is 0 Å². The summed E-state index contributed by atoms with van der Waals surface area (Å²) in [6.07, 6.45) is 1.11. The van der Waals surface area contributed by atoms with Crippen molar-refractivity contribution in [2.75, 3.05) is 13.1 Å². The lowest BCUT2D eigenvalue weighted by Gasteiger charge is -2.38. The topological polar surface area (TPSA) is 52.6 Å². The molecule has 5 heteroatoms. The number of hydrogen-bond acceptors (Lipinski definition) is 3. The predicted octanol–water partition coefficient (Wildman–Crippen LogP) is 2.78. The minimum Gasteiger partial charge on any atom is -0.379 e. The van der Waals surface area contributed by atoms with E-state index in [1.165, 1.54) is 11.6 Å². The largest absolute Gasteiger partial charge is 0.379 e. The maximum atomic E-state index is 13.9. The Bertz CT molecular complexity index is 780. The molecule has 0 aromatic heterocycles. The second kappa shape index (κ2) is 7.98. The molecule has 1 amide bonds. The Kier molecular flexibility index (Phi) is 5.69. The van der Waals surface area contributed by atoms with Crippen LogP contribution in [0.5, 0.6) is 0 Å². The second-order valence-corrected chi connectivity index (χ2v) is 7.05. The normalized spacial score (nSPS) is 20.4. The first-order chi connectivity index (χ1) is 12.5. The maximum absolute atomic E-state index is 13.9. The van der Waals surface area contributed by atoms with Crippen molar-refractivity contribution in [2.24, 2.45) is 0 Å². The van der Waals surface area contributed by atoms with Gasteiger partial charge in [-0.25, -0.2) is 4.39 Å². The average molecular weight is 356 g/mol. The summed E-state index contributed by atoms with van der Waals surface area (Å²) in [4.78, 5) is 14.3. The third kappa shape index (κ3) is 4.29. The summed E-state index contributed by atoms with van der Waals surface area (Å²) >= 11 is 0. The van der Waals surface area contributed by atoms with Gasteiger partial charge in [0.25, 0.3) is 5.91 Å². The van der Waals surface area contributed by atoms with E-state index in [-0.39, 0.29) is 24.8 Å². The number of aryl methyl sites for hydroxylation is 1. The van der Waals surface area contributed by atoms with E-state index >= 15 is 0 Å². The number of benzene rings is 2. The number of nitrogens with one attached hydrogen (secondary N) is 1. The van der Waals surface area contributed by atoms with Gasteiger partial charge in [-0.1, -0.05) is 48.0 Å². The molecule has 0 bridgehead atoms. The first-order valence-corrected chi connectivity index (χ1v) is 8.99. The summed E-state index contributed by atoms with van der Waals surface area (Å²) in [7, 11) is 0. The summed E-state index contributed by atoms with van der Waals surface area (Å²) < 4.78 is 13.9. The summed E-state index contributed by atoms with van der Waals surface area (Å²) in [5.41, 5.74) is 1.32. The highest BCUT2D eigenvalue weighted by molar-refractivity contribution is 5.86. The van der Waals surface area contributed by atoms with Crippen LogP contribution < -0.4 is 5.32 Å². The Labute approximate surface area is 153 Å². The molecule has 1 saturated heterocycles. The predicted molar refractivity (Wildman–Crippen MR) is 98.9 cm³/mol. The van der Waals surface area contributed by atoms with E-state index in [9.17, 15) is 14.3 Å². The fraction of sp³-hybridized carbons (Fsp3) is 0.381. The van der Waals surface area contributed by atoms with E-state index in [0.29, 0.717) is 31.5 Å². The molecule has 1 heterocycles. The van der Waals surface area contributed by atoms with Crippen LogP contribution >= 0.6 is 0 Å². The Balaban J connectivity index is 1.61. The van der Waals surface area contributed by atoms with Gasteiger partial charge in [0.1, 0.15) is 5.82 Å². The number of hydrogen-bond donors (Lipinski definition) is 2. The van der Waals surface area contributed by atoms with Crippen LogP contribution in [-0.4, -0.2) is 34.6 Å². The smallest absolute Gasteiger partial charge is 0.256 e. The van der Waals surface area contributed by atoms with Crippen molar-refractivity contribution >= 4 is 5.91 Å². The van der Waals surface area contributed by atoms with Crippen LogP contribution in [0, 0.1) is 12.7 Å². The zero-order valence-corrected chi connectivity index (χ0v) is 15.0. The van der Waals surface area contributed by atoms with E-state index in [4.69, 9.17) is 0 Å². The number of nitrogens with zero attached hydrogens (tertiary/aromatic N) is 1. The van der Waals surface area contributed by atoms with Gasteiger partial charge in [0, 0.05) is 31.7 Å². The average Bonchev–Trinajstić information content (AvgIpc) is 2.61. The van der Waals surface area contributed by atoms with Gasteiger partial charge >= 0.3 is 0 Å². The van der Waals surface area contributed by atoms with Gasteiger partial charge in [0.2, 0.25) is 0 Å². The molecule has 1 aliphatic heterocycles. The van der Waals surface area contributed by atoms with Crippen molar-refractivity contribution in [1.82, 2.24) is 10.2 Å². The third-order valence-corrected chi connectivity index (χ3v) is 4.85. The Morgan fingerprint density at radius 2 is 2.04 bits per heavy atom. The lowest BCUT2D eigenvalue weighted by Crippen LogP contribution is -2.57. The molecule has 1 unspecified atom stereocenters. The fourth-order valence-electron chi connectivity index (χ4n) is 3.45. The molecular weight excluding hydrogens is 331 g/mol. The first kappa shape index (κ1) is 18.5. The molecule has 4 nitrogen and oxygen atoms in total. The number of carbonyl (C=O) groups excluding carboxylic acids is 1. The van der Waals surface area contributed by atoms with Gasteiger partial charge in [-0.2, -0.15) is 0 Å². The molecule has 2 aromatic rings. The lowest BCUT2D eigenvalue weighted by molar-refractivity contribution is -0.157. The quantitative estimate of drug-likeness (QED) is 0.837. The zero-order chi connectivity index (χ0) is 18.6. The van der Waals surface area contributed by atoms with Crippen LogP contribution in [0.3, 0.4) is 0 Å². The molecule has 3 rings (SSSR count). The SMILES string of the molecule is Cc1cccc(CNCC2(O)CCCN(Cc3ccccc3F)C2=O)c1. The van der Waals surface area contributed by atoms with Crippen molar-refractivity contribution in [1.29, 1.82) is 0 Å². The third-order valence-electron chi connectivity index (χ3n) is 4.85. The second-order valence-electron chi connectivity index (χ2n) is 7.05. The molecule has 2 aromatic carbocycles. The molecule has 26 heavy (non-hydrogen) atoms. The standard InChI is InChI=1S/C21H25FN2O2/c1-16-6-4-7-17(12-16)13-23-15-21(26)10-5-11-24(20(21)25)14-18-8-2-3-9-19(18)22/h2-4,6-9,12,23,26H,5,10-11,13-15H2,1H3. The minimum absolute atomic E-state index is 0.186. The van der Waals surface area contributed by atoms with Gasteiger partial charge in [0.15, 0.2) is 5.60 Å². The number of halogens is 1. The monoisotopic (exact) mass is 356 g/mol. The number of amides is 1. The molecule has 0 saturated carbocycles. The Morgan fingerprint density at radius 3 is 2.81 bits per heavy atom. The number of carbonyl (C=O) groups is 1. The summed E-state index contributed by atoms with van der Waals surface area (Å²) in [6.45, 7) is 3.53. The van der Waals surface area contributed by atoms with E-state index in [1.54, 1.807) is 23.1 Å². The van der Waals surface area contributed by atoms with Crippen LogP contribution in [0.1, 0.15) is 29.5 Å². The maximum Gasteiger partial charge on any atom is 0.256 e. The van der Waals surface area contributed by atoms with E-state index in [1.807, 2.05) is 25.1 Å². The summed E-state index contributed by atoms with van der Waals surface area (Å²) in [6, 6.07) is 14.5.